The van der Waals surface area contributed by atoms with E-state index in [0.717, 1.165) is 18.5 Å². The molecule has 1 aromatic rings. The van der Waals surface area contributed by atoms with Crippen LogP contribution in [0.1, 0.15) is 31.7 Å². The zero-order chi connectivity index (χ0) is 13.1. The molecule has 0 amide bonds. The Morgan fingerprint density at radius 3 is 3.00 bits per heavy atom. The highest BCUT2D eigenvalue weighted by Crippen LogP contribution is 2.26. The highest BCUT2D eigenvalue weighted by molar-refractivity contribution is 9.09. The van der Waals surface area contributed by atoms with Gasteiger partial charge in [-0.3, -0.25) is 4.90 Å². The molecule has 0 radical (unpaired) electrons. The summed E-state index contributed by atoms with van der Waals surface area (Å²) in [7, 11) is 0. The predicted octanol–water partition coefficient (Wildman–Crippen LogP) is 4.62. The van der Waals surface area contributed by atoms with Gasteiger partial charge in [0.05, 0.1) is 0 Å². The average Bonchev–Trinajstić information content (AvgIpc) is 2.69. The van der Waals surface area contributed by atoms with Crippen LogP contribution >= 0.6 is 27.5 Å². The molecule has 1 aromatic carbocycles. The van der Waals surface area contributed by atoms with Crippen LogP contribution < -0.4 is 0 Å². The predicted molar refractivity (Wildman–Crippen MR) is 77.8 cm³/mol. The molecular formula is C14H18BrClFN. The number of likely N-dealkylation sites (tertiary alicyclic amines) is 1. The average molecular weight is 335 g/mol. The Balaban J connectivity index is 2.03. The molecule has 100 valence electrons. The molecule has 2 atom stereocenters. The Kier molecular flexibility index (Phi) is 5.05. The van der Waals surface area contributed by atoms with Gasteiger partial charge in [0.1, 0.15) is 5.82 Å². The zero-order valence-corrected chi connectivity index (χ0v) is 12.8. The van der Waals surface area contributed by atoms with Crippen molar-refractivity contribution in [3.05, 3.63) is 34.6 Å². The minimum Gasteiger partial charge on any atom is -0.296 e. The van der Waals surface area contributed by atoms with Gasteiger partial charge in [0.2, 0.25) is 0 Å². The van der Waals surface area contributed by atoms with Crippen LogP contribution in [0.3, 0.4) is 0 Å². The first-order valence-corrected chi connectivity index (χ1v) is 7.67. The van der Waals surface area contributed by atoms with Crippen molar-refractivity contribution in [2.75, 3.05) is 6.54 Å². The van der Waals surface area contributed by atoms with E-state index in [9.17, 15) is 4.39 Å². The van der Waals surface area contributed by atoms with Crippen molar-refractivity contribution in [1.29, 1.82) is 0 Å². The summed E-state index contributed by atoms with van der Waals surface area (Å²) >= 11 is 9.37. The van der Waals surface area contributed by atoms with Crippen LogP contribution in [0.4, 0.5) is 4.39 Å². The van der Waals surface area contributed by atoms with Gasteiger partial charge in [-0.1, -0.05) is 40.5 Å². The van der Waals surface area contributed by atoms with Gasteiger partial charge >= 0.3 is 0 Å². The number of alkyl halides is 1. The molecule has 2 unspecified atom stereocenters. The summed E-state index contributed by atoms with van der Waals surface area (Å²) in [6.45, 7) is 3.92. The summed E-state index contributed by atoms with van der Waals surface area (Å²) < 4.78 is 13.8. The molecular weight excluding hydrogens is 317 g/mol. The molecule has 0 aliphatic carbocycles. The van der Waals surface area contributed by atoms with Gasteiger partial charge in [-0.2, -0.15) is 0 Å². The summed E-state index contributed by atoms with van der Waals surface area (Å²) in [6.07, 6.45) is 3.54. The van der Waals surface area contributed by atoms with E-state index in [-0.39, 0.29) is 5.82 Å². The van der Waals surface area contributed by atoms with E-state index in [4.69, 9.17) is 11.6 Å². The second-order valence-corrected chi connectivity index (χ2v) is 7.02. The van der Waals surface area contributed by atoms with Crippen molar-refractivity contribution < 1.29 is 4.39 Å². The van der Waals surface area contributed by atoms with Crippen LogP contribution in [0.15, 0.2) is 18.2 Å². The molecule has 2 rings (SSSR count). The number of benzene rings is 1. The van der Waals surface area contributed by atoms with Crippen molar-refractivity contribution in [2.24, 2.45) is 0 Å². The molecule has 0 N–H and O–H groups in total. The fourth-order valence-electron chi connectivity index (χ4n) is 2.61. The molecule has 1 heterocycles. The third-order valence-electron chi connectivity index (χ3n) is 3.48. The van der Waals surface area contributed by atoms with Crippen LogP contribution in [0, 0.1) is 5.82 Å². The first-order valence-electron chi connectivity index (χ1n) is 6.38. The quantitative estimate of drug-likeness (QED) is 0.726. The van der Waals surface area contributed by atoms with Gasteiger partial charge in [0.25, 0.3) is 0 Å². The van der Waals surface area contributed by atoms with Crippen molar-refractivity contribution >= 4 is 27.5 Å². The van der Waals surface area contributed by atoms with Crippen LogP contribution in [0.2, 0.25) is 5.02 Å². The van der Waals surface area contributed by atoms with E-state index < -0.39 is 0 Å². The van der Waals surface area contributed by atoms with Crippen LogP contribution in [0.25, 0.3) is 0 Å². The van der Waals surface area contributed by atoms with Crippen molar-refractivity contribution in [1.82, 2.24) is 4.90 Å². The summed E-state index contributed by atoms with van der Waals surface area (Å²) in [4.78, 5) is 2.89. The van der Waals surface area contributed by atoms with Crippen molar-refractivity contribution in [2.45, 2.75) is 43.6 Å². The molecule has 1 saturated heterocycles. The van der Waals surface area contributed by atoms with Crippen LogP contribution in [-0.2, 0) is 6.54 Å². The maximum atomic E-state index is 13.8. The smallest absolute Gasteiger partial charge is 0.129 e. The molecule has 0 bridgehead atoms. The second-order valence-electron chi connectivity index (χ2n) is 5.02. The van der Waals surface area contributed by atoms with Crippen LogP contribution in [-0.4, -0.2) is 22.3 Å². The number of halogens is 3. The lowest BCUT2D eigenvalue weighted by Crippen LogP contribution is -2.30. The molecule has 1 nitrogen and oxygen atoms in total. The largest absolute Gasteiger partial charge is 0.296 e. The molecule has 18 heavy (non-hydrogen) atoms. The lowest BCUT2D eigenvalue weighted by atomic mass is 10.1. The fourth-order valence-corrected chi connectivity index (χ4v) is 3.20. The van der Waals surface area contributed by atoms with Crippen molar-refractivity contribution in [3.8, 4) is 0 Å². The molecule has 1 fully saturated rings. The summed E-state index contributed by atoms with van der Waals surface area (Å²) in [6, 6.07) is 5.52. The number of rotatable bonds is 4. The molecule has 0 aromatic heterocycles. The minimum atomic E-state index is -0.194. The number of nitrogens with zero attached hydrogens (tertiary/aromatic N) is 1. The Labute approximate surface area is 121 Å². The first-order chi connectivity index (χ1) is 8.56. The summed E-state index contributed by atoms with van der Waals surface area (Å²) in [5.41, 5.74) is 0.744. The van der Waals surface area contributed by atoms with Gasteiger partial charge in [-0.05, 0) is 37.9 Å². The maximum Gasteiger partial charge on any atom is 0.129 e. The van der Waals surface area contributed by atoms with E-state index in [0.29, 0.717) is 22.4 Å². The van der Waals surface area contributed by atoms with Gasteiger partial charge < -0.3 is 0 Å². The SMILES string of the molecule is CC(Br)CC1CCCN1Cc1ccc(Cl)cc1F. The summed E-state index contributed by atoms with van der Waals surface area (Å²) in [5, 5.41) is 0.461. The number of hydrogen-bond acceptors (Lipinski definition) is 1. The van der Waals surface area contributed by atoms with E-state index in [2.05, 4.69) is 27.8 Å². The van der Waals surface area contributed by atoms with Gasteiger partial charge in [-0.15, -0.1) is 0 Å². The maximum absolute atomic E-state index is 13.8. The third kappa shape index (κ3) is 3.69. The minimum absolute atomic E-state index is 0.194. The highest BCUT2D eigenvalue weighted by Gasteiger charge is 2.26. The second kappa shape index (κ2) is 6.36. The lowest BCUT2D eigenvalue weighted by molar-refractivity contribution is 0.232. The van der Waals surface area contributed by atoms with Crippen LogP contribution in [0.5, 0.6) is 0 Å². The van der Waals surface area contributed by atoms with Gasteiger partial charge in [0, 0.05) is 28.0 Å². The van der Waals surface area contributed by atoms with E-state index in [1.807, 2.05) is 0 Å². The Morgan fingerprint density at radius 2 is 2.33 bits per heavy atom. The lowest BCUT2D eigenvalue weighted by Gasteiger charge is -2.25. The normalized spacial score (nSPS) is 22.3. The van der Waals surface area contributed by atoms with E-state index in [1.54, 1.807) is 12.1 Å². The highest BCUT2D eigenvalue weighted by atomic mass is 79.9. The Bertz CT molecular complexity index is 411. The molecule has 4 heteroatoms. The van der Waals surface area contributed by atoms with Crippen molar-refractivity contribution in [3.63, 3.8) is 0 Å². The van der Waals surface area contributed by atoms with Gasteiger partial charge in [0.15, 0.2) is 0 Å². The summed E-state index contributed by atoms with van der Waals surface area (Å²) in [5.74, 6) is -0.194. The van der Waals surface area contributed by atoms with E-state index in [1.165, 1.54) is 18.9 Å². The molecule has 0 saturated carbocycles. The zero-order valence-electron chi connectivity index (χ0n) is 10.5. The molecule has 0 spiro atoms. The first kappa shape index (κ1) is 14.3. The molecule has 1 aliphatic rings. The topological polar surface area (TPSA) is 3.24 Å². The van der Waals surface area contributed by atoms with E-state index >= 15 is 0 Å². The molecule has 1 aliphatic heterocycles. The van der Waals surface area contributed by atoms with Gasteiger partial charge in [-0.25, -0.2) is 4.39 Å². The third-order valence-corrected chi connectivity index (χ3v) is 4.09. The Hall–Kier alpha value is -0.120. The monoisotopic (exact) mass is 333 g/mol. The standard InChI is InChI=1S/C14H18BrClFN/c1-10(15)7-13-3-2-6-18(13)9-11-4-5-12(16)8-14(11)17/h4-5,8,10,13H,2-3,6-7,9H2,1H3. The fraction of sp³-hybridized carbons (Fsp3) is 0.571. The number of hydrogen-bond donors (Lipinski definition) is 0. The Morgan fingerprint density at radius 1 is 1.56 bits per heavy atom.